The van der Waals surface area contributed by atoms with Crippen molar-refractivity contribution in [1.82, 2.24) is 5.32 Å². The molecule has 0 unspecified atom stereocenters. The molecule has 2 N–H and O–H groups in total. The summed E-state index contributed by atoms with van der Waals surface area (Å²) in [5.74, 6) is -0.681. The van der Waals surface area contributed by atoms with Crippen LogP contribution in [0.4, 0.5) is 4.39 Å². The van der Waals surface area contributed by atoms with Gasteiger partial charge < -0.3 is 15.2 Å². The minimum Gasteiger partial charge on any atom is -0.494 e. The number of aliphatic hydroxyl groups excluding tert-OH is 1. The van der Waals surface area contributed by atoms with E-state index in [1.165, 1.54) is 31.4 Å². The molecule has 0 aliphatic heterocycles. The molecule has 0 fully saturated rings. The minimum absolute atomic E-state index is 0.156. The first-order valence-electron chi connectivity index (χ1n) is 5.82. The third-order valence-electron chi connectivity index (χ3n) is 2.46. The van der Waals surface area contributed by atoms with Gasteiger partial charge in [-0.1, -0.05) is 6.07 Å². The lowest BCUT2D eigenvalue weighted by Crippen LogP contribution is -2.45. The zero-order chi connectivity index (χ0) is 14.5. The molecule has 1 aromatic carbocycles. The number of hydrogen-bond donors (Lipinski definition) is 2. The third-order valence-corrected chi connectivity index (χ3v) is 2.46. The molecule has 0 aliphatic carbocycles. The molecular weight excluding hydrogens is 249 g/mol. The topological polar surface area (TPSA) is 58.6 Å². The van der Waals surface area contributed by atoms with Gasteiger partial charge in [0.2, 0.25) is 5.91 Å². The van der Waals surface area contributed by atoms with Crippen molar-refractivity contribution in [3.05, 3.63) is 35.7 Å². The molecule has 0 saturated heterocycles. The second-order valence-corrected chi connectivity index (χ2v) is 4.76. The van der Waals surface area contributed by atoms with Crippen molar-refractivity contribution < 1.29 is 19.0 Å². The molecule has 0 spiro atoms. The van der Waals surface area contributed by atoms with Gasteiger partial charge in [-0.15, -0.1) is 0 Å². The van der Waals surface area contributed by atoms with E-state index in [1.54, 1.807) is 19.9 Å². The summed E-state index contributed by atoms with van der Waals surface area (Å²) in [5, 5.41) is 11.6. The van der Waals surface area contributed by atoms with Crippen molar-refractivity contribution in [2.45, 2.75) is 19.4 Å². The van der Waals surface area contributed by atoms with Crippen LogP contribution in [0.2, 0.25) is 0 Å². The molecule has 1 rings (SSSR count). The normalized spacial score (nSPS) is 11.6. The summed E-state index contributed by atoms with van der Waals surface area (Å²) < 4.78 is 18.2. The summed E-state index contributed by atoms with van der Waals surface area (Å²) in [6.07, 6.45) is 2.78. The van der Waals surface area contributed by atoms with Crippen molar-refractivity contribution in [2.75, 3.05) is 13.7 Å². The molecule has 104 valence electrons. The van der Waals surface area contributed by atoms with E-state index in [2.05, 4.69) is 5.32 Å². The molecule has 0 saturated carbocycles. The largest absolute Gasteiger partial charge is 0.494 e. The number of rotatable bonds is 5. The van der Waals surface area contributed by atoms with E-state index in [0.29, 0.717) is 5.56 Å². The van der Waals surface area contributed by atoms with Crippen molar-refractivity contribution in [1.29, 1.82) is 0 Å². The number of nitrogens with one attached hydrogen (secondary N) is 1. The molecule has 0 bridgehead atoms. The first-order valence-corrected chi connectivity index (χ1v) is 5.82. The molecule has 4 nitrogen and oxygen atoms in total. The molecule has 0 heterocycles. The van der Waals surface area contributed by atoms with E-state index in [4.69, 9.17) is 9.84 Å². The Morgan fingerprint density at radius 1 is 1.53 bits per heavy atom. The van der Waals surface area contributed by atoms with Gasteiger partial charge in [-0.3, -0.25) is 4.79 Å². The summed E-state index contributed by atoms with van der Waals surface area (Å²) >= 11 is 0. The van der Waals surface area contributed by atoms with Crippen molar-refractivity contribution in [3.63, 3.8) is 0 Å². The number of halogens is 1. The van der Waals surface area contributed by atoms with Crippen LogP contribution in [0.1, 0.15) is 19.4 Å². The number of ether oxygens (including phenoxy) is 1. The van der Waals surface area contributed by atoms with Crippen LogP contribution in [0.3, 0.4) is 0 Å². The van der Waals surface area contributed by atoms with Gasteiger partial charge in [0.1, 0.15) is 0 Å². The first-order chi connectivity index (χ1) is 8.88. The minimum atomic E-state index is -0.688. The molecule has 5 heteroatoms. The molecule has 1 aromatic rings. The number of carbonyl (C=O) groups excluding carboxylic acids is 1. The maximum absolute atomic E-state index is 13.4. The number of aliphatic hydroxyl groups is 1. The quantitative estimate of drug-likeness (QED) is 0.799. The number of hydrogen-bond acceptors (Lipinski definition) is 3. The summed E-state index contributed by atoms with van der Waals surface area (Å²) in [5.41, 5.74) is -0.137. The number of carbonyl (C=O) groups is 1. The van der Waals surface area contributed by atoms with E-state index in [-0.39, 0.29) is 18.3 Å². The van der Waals surface area contributed by atoms with Crippen LogP contribution >= 0.6 is 0 Å². The number of benzene rings is 1. The van der Waals surface area contributed by atoms with Crippen LogP contribution < -0.4 is 10.1 Å². The molecule has 0 atom stereocenters. The van der Waals surface area contributed by atoms with Gasteiger partial charge in [0, 0.05) is 6.08 Å². The highest BCUT2D eigenvalue weighted by Gasteiger charge is 2.17. The summed E-state index contributed by atoms with van der Waals surface area (Å²) in [6.45, 7) is 3.24. The van der Waals surface area contributed by atoms with E-state index in [9.17, 15) is 9.18 Å². The molecule has 1 amide bonds. The lowest BCUT2D eigenvalue weighted by Gasteiger charge is -2.22. The SMILES string of the molecule is COc1ccc(/C=C/C(=O)NC(C)(C)CO)cc1F. The second-order valence-electron chi connectivity index (χ2n) is 4.76. The Hall–Kier alpha value is -1.88. The van der Waals surface area contributed by atoms with Crippen LogP contribution in [0, 0.1) is 5.82 Å². The monoisotopic (exact) mass is 267 g/mol. The highest BCUT2D eigenvalue weighted by Crippen LogP contribution is 2.18. The first kappa shape index (κ1) is 15.2. The summed E-state index contributed by atoms with van der Waals surface area (Å²) in [6, 6.07) is 4.41. The van der Waals surface area contributed by atoms with E-state index >= 15 is 0 Å². The Bertz CT molecular complexity index is 484. The Labute approximate surface area is 111 Å². The fourth-order valence-electron chi connectivity index (χ4n) is 1.37. The molecule has 0 aliphatic rings. The van der Waals surface area contributed by atoms with Crippen molar-refractivity contribution >= 4 is 12.0 Å². The fraction of sp³-hybridized carbons (Fsp3) is 0.357. The van der Waals surface area contributed by atoms with Crippen LogP contribution in [0.5, 0.6) is 5.75 Å². The standard InChI is InChI=1S/C14H18FNO3/c1-14(2,9-17)16-13(18)7-5-10-4-6-12(19-3)11(15)8-10/h4-8,17H,9H2,1-3H3,(H,16,18)/b7-5+. The van der Waals surface area contributed by atoms with Crippen LogP contribution in [0.25, 0.3) is 6.08 Å². The molecule has 0 aromatic heterocycles. The van der Waals surface area contributed by atoms with Crippen molar-refractivity contribution in [2.24, 2.45) is 0 Å². The predicted molar refractivity (Wildman–Crippen MR) is 71.3 cm³/mol. The van der Waals surface area contributed by atoms with E-state index in [1.807, 2.05) is 0 Å². The maximum atomic E-state index is 13.4. The van der Waals surface area contributed by atoms with Crippen LogP contribution in [-0.2, 0) is 4.79 Å². The zero-order valence-electron chi connectivity index (χ0n) is 11.2. The lowest BCUT2D eigenvalue weighted by atomic mass is 10.1. The number of amides is 1. The predicted octanol–water partition coefficient (Wildman–Crippen LogP) is 1.73. The zero-order valence-corrected chi connectivity index (χ0v) is 11.2. The lowest BCUT2D eigenvalue weighted by molar-refractivity contribution is -0.118. The Morgan fingerprint density at radius 2 is 2.21 bits per heavy atom. The van der Waals surface area contributed by atoms with Gasteiger partial charge in [-0.05, 0) is 37.6 Å². The highest BCUT2D eigenvalue weighted by atomic mass is 19.1. The van der Waals surface area contributed by atoms with E-state index < -0.39 is 11.4 Å². The average Bonchev–Trinajstić information content (AvgIpc) is 2.36. The van der Waals surface area contributed by atoms with Gasteiger partial charge >= 0.3 is 0 Å². The summed E-state index contributed by atoms with van der Waals surface area (Å²) in [4.78, 5) is 11.6. The molecule has 19 heavy (non-hydrogen) atoms. The average molecular weight is 267 g/mol. The highest BCUT2D eigenvalue weighted by molar-refractivity contribution is 5.92. The van der Waals surface area contributed by atoms with Gasteiger partial charge in [0.05, 0.1) is 19.3 Å². The van der Waals surface area contributed by atoms with Gasteiger partial charge in [0.15, 0.2) is 11.6 Å². The van der Waals surface area contributed by atoms with Crippen LogP contribution in [-0.4, -0.2) is 30.3 Å². The Morgan fingerprint density at radius 3 is 2.74 bits per heavy atom. The van der Waals surface area contributed by atoms with Crippen LogP contribution in [0.15, 0.2) is 24.3 Å². The fourth-order valence-corrected chi connectivity index (χ4v) is 1.37. The van der Waals surface area contributed by atoms with Crippen molar-refractivity contribution in [3.8, 4) is 5.75 Å². The van der Waals surface area contributed by atoms with Gasteiger partial charge in [-0.2, -0.15) is 0 Å². The molecule has 0 radical (unpaired) electrons. The second kappa shape index (κ2) is 6.33. The molecular formula is C14H18FNO3. The van der Waals surface area contributed by atoms with Gasteiger partial charge in [-0.25, -0.2) is 4.39 Å². The third kappa shape index (κ3) is 4.71. The smallest absolute Gasteiger partial charge is 0.244 e. The van der Waals surface area contributed by atoms with E-state index in [0.717, 1.165) is 0 Å². The Balaban J connectivity index is 2.71. The number of methoxy groups -OCH3 is 1. The Kier molecular flexibility index (Phi) is 5.06. The van der Waals surface area contributed by atoms with Gasteiger partial charge in [0.25, 0.3) is 0 Å². The summed E-state index contributed by atoms with van der Waals surface area (Å²) in [7, 11) is 1.39. The maximum Gasteiger partial charge on any atom is 0.244 e.